The van der Waals surface area contributed by atoms with Crippen molar-refractivity contribution < 1.29 is 17.7 Å². The van der Waals surface area contributed by atoms with Crippen LogP contribution in [0.15, 0.2) is 12.3 Å². The SMILES string of the molecule is C=C(C)N1CCCC1=O.FB(F)F. The minimum atomic E-state index is -3.67. The fraction of sp³-hybridized carbons (Fsp3) is 0.571. The van der Waals surface area contributed by atoms with Gasteiger partial charge in [0.25, 0.3) is 0 Å². The van der Waals surface area contributed by atoms with Crippen molar-refractivity contribution in [1.29, 1.82) is 0 Å². The molecule has 0 unspecified atom stereocenters. The molecule has 0 aromatic carbocycles. The van der Waals surface area contributed by atoms with Crippen LogP contribution in [0.4, 0.5) is 12.9 Å². The maximum absolute atomic E-state index is 10.9. The molecule has 1 rings (SSSR count). The second-order valence-corrected chi connectivity index (χ2v) is 2.63. The number of likely N-dealkylation sites (tertiary alicyclic amines) is 1. The van der Waals surface area contributed by atoms with Gasteiger partial charge in [0, 0.05) is 18.7 Å². The number of carbonyl (C=O) groups excluding carboxylic acids is 1. The first-order valence-electron chi connectivity index (χ1n) is 3.83. The second-order valence-electron chi connectivity index (χ2n) is 2.63. The van der Waals surface area contributed by atoms with Crippen LogP contribution in [0.5, 0.6) is 0 Å². The van der Waals surface area contributed by atoms with E-state index < -0.39 is 7.54 Å². The average Bonchev–Trinajstić information content (AvgIpc) is 2.33. The molecule has 0 bridgehead atoms. The maximum Gasteiger partial charge on any atom is 0.762 e. The number of carbonyl (C=O) groups is 1. The highest BCUT2D eigenvalue weighted by Gasteiger charge is 2.19. The molecule has 0 aliphatic carbocycles. The van der Waals surface area contributed by atoms with Gasteiger partial charge in [-0.05, 0) is 13.3 Å². The van der Waals surface area contributed by atoms with Gasteiger partial charge in [-0.3, -0.25) is 17.7 Å². The molecule has 1 heterocycles. The van der Waals surface area contributed by atoms with Gasteiger partial charge in [-0.1, -0.05) is 6.58 Å². The normalized spacial score (nSPS) is 15.1. The van der Waals surface area contributed by atoms with Crippen LogP contribution in [0.2, 0.25) is 0 Å². The Kier molecular flexibility index (Phi) is 5.26. The third-order valence-electron chi connectivity index (χ3n) is 1.53. The Morgan fingerprint density at radius 1 is 1.54 bits per heavy atom. The molecule has 2 nitrogen and oxygen atoms in total. The molecular weight excluding hydrogens is 182 g/mol. The first kappa shape index (κ1) is 12.1. The second kappa shape index (κ2) is 5.67. The first-order valence-corrected chi connectivity index (χ1v) is 3.83. The van der Waals surface area contributed by atoms with Gasteiger partial charge < -0.3 is 4.90 Å². The molecule has 0 N–H and O–H groups in total. The third kappa shape index (κ3) is 5.33. The largest absolute Gasteiger partial charge is 0.762 e. The quantitative estimate of drug-likeness (QED) is 0.583. The minimum absolute atomic E-state index is 0.225. The fourth-order valence-electron chi connectivity index (χ4n) is 1.05. The zero-order valence-electron chi connectivity index (χ0n) is 7.40. The molecule has 1 aliphatic heterocycles. The monoisotopic (exact) mass is 193 g/mol. The van der Waals surface area contributed by atoms with Gasteiger partial charge >= 0.3 is 7.54 Å². The Balaban J connectivity index is 0.000000310. The van der Waals surface area contributed by atoms with Crippen LogP contribution in [0, 0.1) is 0 Å². The Morgan fingerprint density at radius 2 is 2.00 bits per heavy atom. The highest BCUT2D eigenvalue weighted by atomic mass is 19.4. The van der Waals surface area contributed by atoms with Crippen molar-refractivity contribution in [3.05, 3.63) is 12.3 Å². The number of hydrogen-bond donors (Lipinski definition) is 0. The van der Waals surface area contributed by atoms with Crippen molar-refractivity contribution in [2.45, 2.75) is 19.8 Å². The van der Waals surface area contributed by atoms with Crippen LogP contribution in [0.1, 0.15) is 19.8 Å². The Morgan fingerprint density at radius 3 is 2.15 bits per heavy atom. The van der Waals surface area contributed by atoms with Gasteiger partial charge in [-0.2, -0.15) is 0 Å². The standard InChI is InChI=1S/C7H11NO.BF3/c1-6(2)8-5-3-4-7(8)9;2-1(3)4/h1,3-5H2,2H3;. The summed E-state index contributed by atoms with van der Waals surface area (Å²) in [5.74, 6) is 0.225. The molecule has 0 atom stereocenters. The zero-order valence-corrected chi connectivity index (χ0v) is 7.40. The van der Waals surface area contributed by atoms with E-state index in [9.17, 15) is 17.7 Å². The summed E-state index contributed by atoms with van der Waals surface area (Å²) in [5, 5.41) is 0. The van der Waals surface area contributed by atoms with Crippen molar-refractivity contribution in [3.63, 3.8) is 0 Å². The molecule has 13 heavy (non-hydrogen) atoms. The van der Waals surface area contributed by atoms with Crippen molar-refractivity contribution in [2.75, 3.05) is 6.54 Å². The van der Waals surface area contributed by atoms with E-state index in [4.69, 9.17) is 0 Å². The summed E-state index contributed by atoms with van der Waals surface area (Å²) in [6.45, 7) is 6.43. The van der Waals surface area contributed by atoms with Gasteiger partial charge in [0.15, 0.2) is 0 Å². The van der Waals surface area contributed by atoms with Crippen LogP contribution in [0.25, 0.3) is 0 Å². The topological polar surface area (TPSA) is 20.3 Å². The first-order chi connectivity index (χ1) is 5.95. The predicted molar refractivity (Wildman–Crippen MR) is 44.8 cm³/mol. The van der Waals surface area contributed by atoms with Gasteiger partial charge in [0.05, 0.1) is 0 Å². The van der Waals surface area contributed by atoms with Crippen molar-refractivity contribution in [2.24, 2.45) is 0 Å². The number of nitrogens with zero attached hydrogens (tertiary/aromatic N) is 1. The lowest BCUT2D eigenvalue weighted by Gasteiger charge is -2.13. The summed E-state index contributed by atoms with van der Waals surface area (Å²) in [6, 6.07) is 0. The molecule has 1 aliphatic rings. The van der Waals surface area contributed by atoms with Crippen molar-refractivity contribution in [1.82, 2.24) is 4.90 Å². The lowest BCUT2D eigenvalue weighted by molar-refractivity contribution is -0.126. The number of amides is 1. The molecular formula is C7H11BF3NO. The highest BCUT2D eigenvalue weighted by Crippen LogP contribution is 2.13. The lowest BCUT2D eigenvalue weighted by Crippen LogP contribution is -2.21. The summed E-state index contributed by atoms with van der Waals surface area (Å²) in [7, 11) is -3.67. The lowest BCUT2D eigenvalue weighted by atomic mass is 10.4. The predicted octanol–water partition coefficient (Wildman–Crippen LogP) is 2.02. The molecule has 0 aromatic heterocycles. The molecule has 6 heteroatoms. The minimum Gasteiger partial charge on any atom is -0.317 e. The van der Waals surface area contributed by atoms with Gasteiger partial charge in [-0.25, -0.2) is 0 Å². The summed E-state index contributed by atoms with van der Waals surface area (Å²) in [4.78, 5) is 12.6. The number of halogens is 3. The van der Waals surface area contributed by atoms with E-state index in [1.807, 2.05) is 6.92 Å². The van der Waals surface area contributed by atoms with Crippen LogP contribution < -0.4 is 0 Å². The van der Waals surface area contributed by atoms with Crippen molar-refractivity contribution in [3.8, 4) is 0 Å². The van der Waals surface area contributed by atoms with E-state index in [-0.39, 0.29) is 5.91 Å². The zero-order chi connectivity index (χ0) is 10.4. The molecule has 0 saturated carbocycles. The van der Waals surface area contributed by atoms with Crippen LogP contribution in [0.3, 0.4) is 0 Å². The summed E-state index contributed by atoms with van der Waals surface area (Å²) >= 11 is 0. The number of rotatable bonds is 1. The van der Waals surface area contributed by atoms with E-state index in [1.165, 1.54) is 0 Å². The molecule has 74 valence electrons. The molecule has 1 fully saturated rings. The van der Waals surface area contributed by atoms with E-state index in [1.54, 1.807) is 4.90 Å². The summed E-state index contributed by atoms with van der Waals surface area (Å²) < 4.78 is 29.0. The average molecular weight is 193 g/mol. The van der Waals surface area contributed by atoms with Crippen LogP contribution >= 0.6 is 0 Å². The highest BCUT2D eigenvalue weighted by molar-refractivity contribution is 6.33. The molecule has 1 amide bonds. The van der Waals surface area contributed by atoms with Gasteiger partial charge in [0.1, 0.15) is 0 Å². The van der Waals surface area contributed by atoms with E-state index >= 15 is 0 Å². The Bertz CT molecular complexity index is 195. The van der Waals surface area contributed by atoms with E-state index in [0.717, 1.165) is 18.7 Å². The smallest absolute Gasteiger partial charge is 0.317 e. The molecule has 0 spiro atoms. The Hall–Kier alpha value is -0.935. The van der Waals surface area contributed by atoms with Crippen LogP contribution in [-0.4, -0.2) is 24.9 Å². The maximum atomic E-state index is 10.9. The number of allylic oxidation sites excluding steroid dienone is 1. The van der Waals surface area contributed by atoms with Gasteiger partial charge in [-0.15, -0.1) is 0 Å². The van der Waals surface area contributed by atoms with E-state index in [2.05, 4.69) is 6.58 Å². The summed E-state index contributed by atoms with van der Waals surface area (Å²) in [5.41, 5.74) is 0.873. The number of hydrogen-bond acceptors (Lipinski definition) is 1. The van der Waals surface area contributed by atoms with Crippen LogP contribution in [-0.2, 0) is 4.79 Å². The summed E-state index contributed by atoms with van der Waals surface area (Å²) in [6.07, 6.45) is 1.69. The van der Waals surface area contributed by atoms with Gasteiger partial charge in [0.2, 0.25) is 5.91 Å². The van der Waals surface area contributed by atoms with E-state index in [0.29, 0.717) is 6.42 Å². The van der Waals surface area contributed by atoms with Crippen molar-refractivity contribution >= 4 is 13.5 Å². The third-order valence-corrected chi connectivity index (χ3v) is 1.53. The Labute approximate surface area is 75.6 Å². The molecule has 0 radical (unpaired) electrons. The fourth-order valence-corrected chi connectivity index (χ4v) is 1.05. The molecule has 0 aromatic rings. The molecule has 1 saturated heterocycles.